The molecule has 3 aliphatic carbocycles. The van der Waals surface area contributed by atoms with Crippen LogP contribution in [0.2, 0.25) is 0 Å². The second kappa shape index (κ2) is 9.84. The topological polar surface area (TPSA) is 148 Å². The van der Waals surface area contributed by atoms with Gasteiger partial charge in [0.05, 0.1) is 17.5 Å². The Morgan fingerprint density at radius 1 is 1.10 bits per heavy atom. The summed E-state index contributed by atoms with van der Waals surface area (Å²) in [5, 5.41) is 33.9. The van der Waals surface area contributed by atoms with Crippen LogP contribution in [0, 0.1) is 17.8 Å². The molecular formula is C29H36N4O6. The summed E-state index contributed by atoms with van der Waals surface area (Å²) < 4.78 is 0. The Balaban J connectivity index is 1.64. The summed E-state index contributed by atoms with van der Waals surface area (Å²) in [6.45, 7) is 2.07. The van der Waals surface area contributed by atoms with Gasteiger partial charge in [-0.05, 0) is 56.8 Å². The molecule has 1 amide bonds. The Morgan fingerprint density at radius 2 is 1.82 bits per heavy atom. The van der Waals surface area contributed by atoms with Gasteiger partial charge in [0.2, 0.25) is 0 Å². The van der Waals surface area contributed by atoms with Gasteiger partial charge in [-0.25, -0.2) is 0 Å². The fourth-order valence-electron chi connectivity index (χ4n) is 6.96. The highest BCUT2D eigenvalue weighted by molar-refractivity contribution is 6.28. The lowest BCUT2D eigenvalue weighted by molar-refractivity contribution is -0.136. The molecule has 4 aliphatic rings. The number of carbonyl (C=O) groups is 3. The highest BCUT2D eigenvalue weighted by Crippen LogP contribution is 2.52. The van der Waals surface area contributed by atoms with Crippen LogP contribution in [0.1, 0.15) is 29.5 Å². The Bertz CT molecular complexity index is 1360. The number of likely N-dealkylation sites (N-methyl/N-ethyl adjacent to an activating group) is 1. The van der Waals surface area contributed by atoms with Crippen LogP contribution in [0.5, 0.6) is 5.75 Å². The Labute approximate surface area is 227 Å². The highest BCUT2D eigenvalue weighted by atomic mass is 16.3. The number of aliphatic hydroxyl groups excluding tert-OH is 2. The van der Waals surface area contributed by atoms with Gasteiger partial charge < -0.3 is 26.0 Å². The molecule has 1 heterocycles. The summed E-state index contributed by atoms with van der Waals surface area (Å²) in [5.41, 5.74) is 7.42. The number of hydrogen-bond acceptors (Lipinski definition) is 9. The van der Waals surface area contributed by atoms with E-state index in [2.05, 4.69) is 17.1 Å². The molecule has 10 heteroatoms. The van der Waals surface area contributed by atoms with Crippen LogP contribution in [0.4, 0.5) is 5.69 Å². The van der Waals surface area contributed by atoms with Crippen LogP contribution >= 0.6 is 0 Å². The number of benzene rings is 1. The van der Waals surface area contributed by atoms with E-state index in [0.717, 1.165) is 30.8 Å². The van der Waals surface area contributed by atoms with E-state index in [1.54, 1.807) is 19.0 Å². The average molecular weight is 537 g/mol. The van der Waals surface area contributed by atoms with Gasteiger partial charge in [-0.15, -0.1) is 0 Å². The molecule has 0 aromatic heterocycles. The molecule has 0 radical (unpaired) electrons. The molecule has 1 saturated carbocycles. The number of anilines is 1. The van der Waals surface area contributed by atoms with Gasteiger partial charge in [0.25, 0.3) is 5.91 Å². The molecule has 0 spiro atoms. The van der Waals surface area contributed by atoms with Crippen molar-refractivity contribution in [3.8, 4) is 5.75 Å². The minimum Gasteiger partial charge on any atom is -0.510 e. The number of hydrogen-bond donors (Lipinski definition) is 4. The normalized spacial score (nSPS) is 27.0. The monoisotopic (exact) mass is 536 g/mol. The molecule has 5 N–H and O–H groups in total. The fraction of sp³-hybridized carbons (Fsp3) is 0.483. The van der Waals surface area contributed by atoms with E-state index >= 15 is 0 Å². The first-order valence-electron chi connectivity index (χ1n) is 13.3. The lowest BCUT2D eigenvalue weighted by Crippen LogP contribution is -2.55. The van der Waals surface area contributed by atoms with Gasteiger partial charge in [-0.2, -0.15) is 0 Å². The molecule has 5 rings (SSSR count). The van der Waals surface area contributed by atoms with Crippen molar-refractivity contribution in [3.63, 3.8) is 0 Å². The van der Waals surface area contributed by atoms with Crippen LogP contribution < -0.4 is 10.6 Å². The standard InChI is InChI=1S/C29H36N4O6/c1-31(2)18-12-15(13-33-8-6-5-7-9-33)24(34)20-16(18)10-14-11-17-21(26(36)19(14)25(20)35)27(37)22(29(30)39)28(38)23(17)32(3)4/h5-6,12,14,17,21,23,34-35,38H,7-11,13H2,1-4H3,(H2,30,39). The number of nitrogens with two attached hydrogens (primary N) is 1. The predicted octanol–water partition coefficient (Wildman–Crippen LogP) is 1.68. The largest absolute Gasteiger partial charge is 0.510 e. The van der Waals surface area contributed by atoms with E-state index in [1.807, 2.05) is 25.1 Å². The van der Waals surface area contributed by atoms with Crippen molar-refractivity contribution in [2.45, 2.75) is 31.8 Å². The summed E-state index contributed by atoms with van der Waals surface area (Å²) in [6, 6.07) is 1.19. The molecule has 10 nitrogen and oxygen atoms in total. The number of phenolic OH excluding ortho intramolecular Hbond substituents is 1. The van der Waals surface area contributed by atoms with Crippen molar-refractivity contribution in [1.29, 1.82) is 0 Å². The number of allylic oxidation sites excluding steroid dienone is 1. The number of aliphatic hydroxyl groups is 2. The third-order valence-corrected chi connectivity index (χ3v) is 8.64. The van der Waals surface area contributed by atoms with E-state index in [4.69, 9.17) is 5.73 Å². The SMILES string of the molecule is CN(C)c1cc(CN2CC=CCC2)c(O)c2c1CC1CC3C(C(=O)C(C(N)=O)=C(O)C3N(C)C)C(=O)C1=C2O. The molecule has 4 atom stereocenters. The molecule has 1 aromatic rings. The van der Waals surface area contributed by atoms with Crippen molar-refractivity contribution in [2.24, 2.45) is 23.5 Å². The number of fused-ring (bicyclic) bond motifs is 3. The van der Waals surface area contributed by atoms with Crippen molar-refractivity contribution < 1.29 is 29.7 Å². The van der Waals surface area contributed by atoms with Crippen molar-refractivity contribution in [2.75, 3.05) is 46.2 Å². The van der Waals surface area contributed by atoms with Crippen molar-refractivity contribution >= 4 is 28.9 Å². The summed E-state index contributed by atoms with van der Waals surface area (Å²) in [4.78, 5) is 45.3. The molecule has 39 heavy (non-hydrogen) atoms. The number of Topliss-reactive ketones (excluding diaryl/α,β-unsaturated/α-hetero) is 2. The van der Waals surface area contributed by atoms with Crippen LogP contribution in [0.15, 0.2) is 35.1 Å². The number of ketones is 2. The number of nitrogens with zero attached hydrogens (tertiary/aromatic N) is 3. The molecule has 4 unspecified atom stereocenters. The molecule has 1 aromatic carbocycles. The quantitative estimate of drug-likeness (QED) is 0.251. The van der Waals surface area contributed by atoms with Gasteiger partial charge in [-0.3, -0.25) is 24.2 Å². The number of aromatic hydroxyl groups is 1. The summed E-state index contributed by atoms with van der Waals surface area (Å²) in [7, 11) is 7.21. The van der Waals surface area contributed by atoms with Crippen LogP contribution in [0.25, 0.3) is 5.76 Å². The minimum absolute atomic E-state index is 0.0694. The number of amides is 1. The first kappa shape index (κ1) is 27.0. The molecular weight excluding hydrogens is 500 g/mol. The maximum atomic E-state index is 14.0. The summed E-state index contributed by atoms with van der Waals surface area (Å²) in [6.07, 6.45) is 5.83. The van der Waals surface area contributed by atoms with Crippen molar-refractivity contribution in [1.82, 2.24) is 9.80 Å². The Morgan fingerprint density at radius 3 is 2.41 bits per heavy atom. The molecule has 1 fully saturated rings. The molecule has 208 valence electrons. The van der Waals surface area contributed by atoms with Crippen LogP contribution in [0.3, 0.4) is 0 Å². The first-order valence-corrected chi connectivity index (χ1v) is 13.3. The zero-order chi connectivity index (χ0) is 28.3. The van der Waals surface area contributed by atoms with E-state index in [0.29, 0.717) is 24.9 Å². The zero-order valence-corrected chi connectivity index (χ0v) is 22.8. The van der Waals surface area contributed by atoms with Gasteiger partial charge in [-0.1, -0.05) is 12.2 Å². The lowest BCUT2D eigenvalue weighted by atomic mass is 9.59. The van der Waals surface area contributed by atoms with Gasteiger partial charge in [0.15, 0.2) is 11.6 Å². The van der Waals surface area contributed by atoms with E-state index in [1.165, 1.54) is 0 Å². The van der Waals surface area contributed by atoms with Crippen molar-refractivity contribution in [3.05, 3.63) is 51.8 Å². The molecule has 0 saturated heterocycles. The van der Waals surface area contributed by atoms with Crippen LogP contribution in [-0.2, 0) is 27.3 Å². The van der Waals surface area contributed by atoms with E-state index in [-0.39, 0.29) is 22.6 Å². The second-order valence-corrected chi connectivity index (χ2v) is 11.4. The molecule has 1 aliphatic heterocycles. The maximum Gasteiger partial charge on any atom is 0.255 e. The zero-order valence-electron chi connectivity index (χ0n) is 22.8. The van der Waals surface area contributed by atoms with Gasteiger partial charge in [0.1, 0.15) is 22.8 Å². The number of rotatable bonds is 5. The molecule has 0 bridgehead atoms. The van der Waals surface area contributed by atoms with E-state index < -0.39 is 52.6 Å². The summed E-state index contributed by atoms with van der Waals surface area (Å²) >= 11 is 0. The number of phenols is 1. The third-order valence-electron chi connectivity index (χ3n) is 8.64. The predicted molar refractivity (Wildman–Crippen MR) is 146 cm³/mol. The third kappa shape index (κ3) is 4.22. The Hall–Kier alpha value is -3.63. The smallest absolute Gasteiger partial charge is 0.255 e. The first-order chi connectivity index (χ1) is 18.4. The van der Waals surface area contributed by atoms with Crippen LogP contribution in [-0.4, -0.2) is 89.9 Å². The van der Waals surface area contributed by atoms with E-state index in [9.17, 15) is 29.7 Å². The number of carbonyl (C=O) groups excluding carboxylic acids is 3. The Kier molecular flexibility index (Phi) is 6.80. The fourth-order valence-corrected chi connectivity index (χ4v) is 6.96. The average Bonchev–Trinajstić information content (AvgIpc) is 2.85. The summed E-state index contributed by atoms with van der Waals surface area (Å²) in [5.74, 6) is -5.58. The minimum atomic E-state index is -1.26. The maximum absolute atomic E-state index is 14.0. The lowest BCUT2D eigenvalue weighted by Gasteiger charge is -2.46. The highest BCUT2D eigenvalue weighted by Gasteiger charge is 2.56. The van der Waals surface area contributed by atoms with Gasteiger partial charge >= 0.3 is 0 Å². The second-order valence-electron chi connectivity index (χ2n) is 11.4. The van der Waals surface area contributed by atoms with Gasteiger partial charge in [0, 0.05) is 50.6 Å². The number of primary amides is 1.